The highest BCUT2D eigenvalue weighted by atomic mass is 32.2. The molecule has 1 aromatic heterocycles. The molecule has 2 atom stereocenters. The molecular formula is C14H20N2O4S. The van der Waals surface area contributed by atoms with Crippen LogP contribution in [0.4, 0.5) is 0 Å². The number of carbonyl (C=O) groups excluding carboxylic acids is 1. The average Bonchev–Trinajstić information content (AvgIpc) is 3.07. The smallest absolute Gasteiger partial charge is 0.238 e. The molecule has 7 heteroatoms. The van der Waals surface area contributed by atoms with Crippen LogP contribution in [0, 0.1) is 0 Å². The lowest BCUT2D eigenvalue weighted by Gasteiger charge is -2.27. The Morgan fingerprint density at radius 1 is 1.38 bits per heavy atom. The Balaban J connectivity index is 1.73. The Labute approximate surface area is 124 Å². The Hall–Kier alpha value is -1.34. The van der Waals surface area contributed by atoms with Gasteiger partial charge in [0.15, 0.2) is 0 Å². The number of nitrogens with zero attached hydrogens (tertiary/aromatic N) is 1. The lowest BCUT2D eigenvalue weighted by molar-refractivity contribution is -0.125. The topological polar surface area (TPSA) is 79.6 Å². The van der Waals surface area contributed by atoms with Gasteiger partial charge in [-0.2, -0.15) is 4.31 Å². The van der Waals surface area contributed by atoms with Crippen LogP contribution in [0.5, 0.6) is 0 Å². The average molecular weight is 312 g/mol. The molecule has 2 heterocycles. The SMILES string of the molecule is CS(=O)(=O)N1CCC[C@H]1C(=O)N[C@@H]1CCCc2occc21. The number of furan rings is 1. The summed E-state index contributed by atoms with van der Waals surface area (Å²) in [6, 6.07) is 1.25. The summed E-state index contributed by atoms with van der Waals surface area (Å²) >= 11 is 0. The number of aryl methyl sites for hydroxylation is 1. The van der Waals surface area contributed by atoms with E-state index in [2.05, 4.69) is 5.32 Å². The summed E-state index contributed by atoms with van der Waals surface area (Å²) < 4.78 is 30.2. The van der Waals surface area contributed by atoms with Gasteiger partial charge in [-0.15, -0.1) is 0 Å². The lowest BCUT2D eigenvalue weighted by Crippen LogP contribution is -2.46. The van der Waals surface area contributed by atoms with Crippen molar-refractivity contribution in [1.29, 1.82) is 0 Å². The van der Waals surface area contributed by atoms with Crippen LogP contribution in [-0.2, 0) is 21.2 Å². The lowest BCUT2D eigenvalue weighted by atomic mass is 9.93. The summed E-state index contributed by atoms with van der Waals surface area (Å²) in [5, 5.41) is 3.00. The van der Waals surface area contributed by atoms with Gasteiger partial charge < -0.3 is 9.73 Å². The summed E-state index contributed by atoms with van der Waals surface area (Å²) in [4.78, 5) is 12.5. The van der Waals surface area contributed by atoms with Crippen molar-refractivity contribution in [2.24, 2.45) is 0 Å². The standard InChI is InChI=1S/C14H20N2O4S/c1-21(18,19)16-8-3-5-12(16)14(17)15-11-4-2-6-13-10(11)7-9-20-13/h7,9,11-12H,2-6,8H2,1H3,(H,15,17)/t11-,12+/m1/s1. The van der Waals surface area contributed by atoms with Crippen molar-refractivity contribution in [3.05, 3.63) is 23.7 Å². The molecular weight excluding hydrogens is 292 g/mol. The zero-order valence-electron chi connectivity index (χ0n) is 12.0. The maximum Gasteiger partial charge on any atom is 0.238 e. The molecule has 3 rings (SSSR count). The molecule has 0 aromatic carbocycles. The van der Waals surface area contributed by atoms with Crippen LogP contribution < -0.4 is 5.32 Å². The van der Waals surface area contributed by atoms with E-state index in [0.717, 1.165) is 43.3 Å². The molecule has 6 nitrogen and oxygen atoms in total. The summed E-state index contributed by atoms with van der Waals surface area (Å²) in [5.74, 6) is 0.731. The molecule has 1 aliphatic carbocycles. The second-order valence-corrected chi connectivity index (χ2v) is 7.72. The van der Waals surface area contributed by atoms with Crippen LogP contribution in [0.15, 0.2) is 16.7 Å². The summed E-state index contributed by atoms with van der Waals surface area (Å²) in [6.07, 6.45) is 6.85. The number of amides is 1. The van der Waals surface area contributed by atoms with Crippen LogP contribution in [0.3, 0.4) is 0 Å². The number of carbonyl (C=O) groups is 1. The minimum Gasteiger partial charge on any atom is -0.469 e. The van der Waals surface area contributed by atoms with E-state index in [1.165, 1.54) is 4.31 Å². The Morgan fingerprint density at radius 2 is 2.19 bits per heavy atom. The maximum atomic E-state index is 12.5. The minimum atomic E-state index is -3.33. The van der Waals surface area contributed by atoms with Crippen molar-refractivity contribution in [2.45, 2.75) is 44.2 Å². The van der Waals surface area contributed by atoms with Gasteiger partial charge in [0.1, 0.15) is 11.8 Å². The quantitative estimate of drug-likeness (QED) is 0.909. The van der Waals surface area contributed by atoms with Crippen LogP contribution in [-0.4, -0.2) is 37.5 Å². The maximum absolute atomic E-state index is 12.5. The number of rotatable bonds is 3. The highest BCUT2D eigenvalue weighted by molar-refractivity contribution is 7.88. The van der Waals surface area contributed by atoms with E-state index in [1.54, 1.807) is 6.26 Å². The summed E-state index contributed by atoms with van der Waals surface area (Å²) in [5.41, 5.74) is 1.03. The molecule has 0 spiro atoms. The van der Waals surface area contributed by atoms with Gasteiger partial charge in [-0.1, -0.05) is 0 Å². The van der Waals surface area contributed by atoms with E-state index >= 15 is 0 Å². The third-order valence-corrected chi connectivity index (χ3v) is 5.59. The predicted molar refractivity (Wildman–Crippen MR) is 77.1 cm³/mol. The minimum absolute atomic E-state index is 0.0676. The first kappa shape index (κ1) is 14.6. The molecule has 21 heavy (non-hydrogen) atoms. The first-order valence-electron chi connectivity index (χ1n) is 7.30. The van der Waals surface area contributed by atoms with Crippen LogP contribution in [0.2, 0.25) is 0 Å². The first-order chi connectivity index (χ1) is 9.97. The largest absolute Gasteiger partial charge is 0.469 e. The summed E-state index contributed by atoms with van der Waals surface area (Å²) in [7, 11) is -3.33. The fourth-order valence-electron chi connectivity index (χ4n) is 3.30. The zero-order chi connectivity index (χ0) is 15.0. The molecule has 2 aliphatic rings. The van der Waals surface area contributed by atoms with Gasteiger partial charge in [0.2, 0.25) is 15.9 Å². The Morgan fingerprint density at radius 3 is 2.95 bits per heavy atom. The number of fused-ring (bicyclic) bond motifs is 1. The number of sulfonamides is 1. The van der Waals surface area contributed by atoms with Crippen molar-refractivity contribution < 1.29 is 17.6 Å². The second-order valence-electron chi connectivity index (χ2n) is 5.78. The first-order valence-corrected chi connectivity index (χ1v) is 9.15. The highest BCUT2D eigenvalue weighted by Gasteiger charge is 2.37. The van der Waals surface area contributed by atoms with Gasteiger partial charge in [0.05, 0.1) is 18.6 Å². The van der Waals surface area contributed by atoms with Gasteiger partial charge in [-0.05, 0) is 31.7 Å². The van der Waals surface area contributed by atoms with E-state index in [4.69, 9.17) is 4.42 Å². The van der Waals surface area contributed by atoms with Gasteiger partial charge in [-0.25, -0.2) is 8.42 Å². The zero-order valence-corrected chi connectivity index (χ0v) is 12.9. The second kappa shape index (κ2) is 5.46. The van der Waals surface area contributed by atoms with Crippen LogP contribution in [0.25, 0.3) is 0 Å². The number of hydrogen-bond donors (Lipinski definition) is 1. The molecule has 1 fully saturated rings. The third-order valence-electron chi connectivity index (χ3n) is 4.30. The molecule has 1 N–H and O–H groups in total. The predicted octanol–water partition coefficient (Wildman–Crippen LogP) is 1.20. The Kier molecular flexibility index (Phi) is 3.79. The van der Waals surface area contributed by atoms with Crippen molar-refractivity contribution in [2.75, 3.05) is 12.8 Å². The van der Waals surface area contributed by atoms with Gasteiger partial charge in [0.25, 0.3) is 0 Å². The molecule has 1 aliphatic heterocycles. The van der Waals surface area contributed by atoms with Crippen molar-refractivity contribution in [3.8, 4) is 0 Å². The van der Waals surface area contributed by atoms with Crippen LogP contribution >= 0.6 is 0 Å². The molecule has 1 amide bonds. The van der Waals surface area contributed by atoms with E-state index in [-0.39, 0.29) is 11.9 Å². The third kappa shape index (κ3) is 2.85. The fourth-order valence-corrected chi connectivity index (χ4v) is 4.43. The number of nitrogens with one attached hydrogen (secondary N) is 1. The van der Waals surface area contributed by atoms with Gasteiger partial charge in [0, 0.05) is 18.5 Å². The number of hydrogen-bond acceptors (Lipinski definition) is 4. The van der Waals surface area contributed by atoms with Crippen molar-refractivity contribution in [3.63, 3.8) is 0 Å². The van der Waals surface area contributed by atoms with E-state index in [9.17, 15) is 13.2 Å². The normalized spacial score (nSPS) is 26.5. The molecule has 1 aromatic rings. The molecule has 0 saturated carbocycles. The van der Waals surface area contributed by atoms with Crippen molar-refractivity contribution >= 4 is 15.9 Å². The van der Waals surface area contributed by atoms with Crippen molar-refractivity contribution in [1.82, 2.24) is 9.62 Å². The highest BCUT2D eigenvalue weighted by Crippen LogP contribution is 2.31. The molecule has 116 valence electrons. The van der Waals surface area contributed by atoms with E-state index in [0.29, 0.717) is 13.0 Å². The van der Waals surface area contributed by atoms with Crippen LogP contribution in [0.1, 0.15) is 43.0 Å². The van der Waals surface area contributed by atoms with Gasteiger partial charge >= 0.3 is 0 Å². The summed E-state index contributed by atoms with van der Waals surface area (Å²) in [6.45, 7) is 0.429. The fraction of sp³-hybridized carbons (Fsp3) is 0.643. The van der Waals surface area contributed by atoms with E-state index < -0.39 is 16.1 Å². The Bertz CT molecular complexity index is 637. The monoisotopic (exact) mass is 312 g/mol. The molecule has 0 bridgehead atoms. The molecule has 1 saturated heterocycles. The van der Waals surface area contributed by atoms with E-state index in [1.807, 2.05) is 6.07 Å². The molecule has 0 radical (unpaired) electrons. The molecule has 0 unspecified atom stereocenters. The van der Waals surface area contributed by atoms with Gasteiger partial charge in [-0.3, -0.25) is 4.79 Å².